The first-order valence-corrected chi connectivity index (χ1v) is 10.4. The maximum absolute atomic E-state index is 13.4. The van der Waals surface area contributed by atoms with Crippen LogP contribution < -0.4 is 5.32 Å². The Balaban J connectivity index is 1.49. The van der Waals surface area contributed by atoms with E-state index in [9.17, 15) is 9.18 Å². The van der Waals surface area contributed by atoms with Gasteiger partial charge in [0.05, 0.1) is 24.9 Å². The fraction of sp³-hybridized carbons (Fsp3) is 0.318. The number of nitrogens with zero attached hydrogens (tertiary/aromatic N) is 4. The second-order valence-electron chi connectivity index (χ2n) is 7.30. The second kappa shape index (κ2) is 9.55. The van der Waals surface area contributed by atoms with Crippen LogP contribution in [0.4, 0.5) is 4.39 Å². The Hall–Kier alpha value is -2.81. The van der Waals surface area contributed by atoms with Crippen LogP contribution in [0.25, 0.3) is 5.69 Å². The maximum atomic E-state index is 13.4. The molecule has 1 fully saturated rings. The van der Waals surface area contributed by atoms with Gasteiger partial charge in [-0.15, -0.1) is 5.10 Å². The third-order valence-corrected chi connectivity index (χ3v) is 5.49. The van der Waals surface area contributed by atoms with Gasteiger partial charge in [-0.2, -0.15) is 0 Å². The lowest BCUT2D eigenvalue weighted by atomic mass is 10.0. The summed E-state index contributed by atoms with van der Waals surface area (Å²) in [6, 6.07) is 13.4. The number of aromatic nitrogens is 3. The van der Waals surface area contributed by atoms with Crippen molar-refractivity contribution in [2.24, 2.45) is 0 Å². The molecular formula is C22H23ClFN5O2. The van der Waals surface area contributed by atoms with Gasteiger partial charge in [-0.05, 0) is 48.9 Å². The summed E-state index contributed by atoms with van der Waals surface area (Å²) < 4.78 is 20.4. The molecule has 9 heteroatoms. The molecule has 1 aliphatic heterocycles. The topological polar surface area (TPSA) is 72.3 Å². The zero-order valence-electron chi connectivity index (χ0n) is 17.1. The van der Waals surface area contributed by atoms with Crippen molar-refractivity contribution in [1.82, 2.24) is 25.0 Å². The molecule has 0 spiro atoms. The molecule has 0 bridgehead atoms. The van der Waals surface area contributed by atoms with E-state index in [1.165, 1.54) is 12.1 Å². The largest absolute Gasteiger partial charge is 0.379 e. The van der Waals surface area contributed by atoms with Gasteiger partial charge in [0.2, 0.25) is 5.82 Å². The van der Waals surface area contributed by atoms with Crippen molar-refractivity contribution in [2.75, 3.05) is 32.8 Å². The molecule has 1 unspecified atom stereocenters. The summed E-state index contributed by atoms with van der Waals surface area (Å²) in [7, 11) is 0. The summed E-state index contributed by atoms with van der Waals surface area (Å²) in [6.45, 7) is 4.85. The van der Waals surface area contributed by atoms with Gasteiger partial charge in [-0.3, -0.25) is 9.69 Å². The Morgan fingerprint density at radius 3 is 2.52 bits per heavy atom. The van der Waals surface area contributed by atoms with Crippen LogP contribution in [0.3, 0.4) is 0 Å². The van der Waals surface area contributed by atoms with Crippen molar-refractivity contribution in [3.05, 3.63) is 76.6 Å². The van der Waals surface area contributed by atoms with Gasteiger partial charge in [0.1, 0.15) is 11.6 Å². The number of halogens is 2. The van der Waals surface area contributed by atoms with Crippen molar-refractivity contribution in [3.63, 3.8) is 0 Å². The normalized spacial score (nSPS) is 15.6. The summed E-state index contributed by atoms with van der Waals surface area (Å²) in [5, 5.41) is 7.91. The zero-order valence-corrected chi connectivity index (χ0v) is 17.8. The number of amides is 1. The molecule has 3 aromatic rings. The van der Waals surface area contributed by atoms with Gasteiger partial charge in [0.15, 0.2) is 0 Å². The quantitative estimate of drug-likeness (QED) is 0.633. The molecule has 2 heterocycles. The van der Waals surface area contributed by atoms with Crippen LogP contribution in [0, 0.1) is 12.7 Å². The summed E-state index contributed by atoms with van der Waals surface area (Å²) in [5.74, 6) is 0.0279. The SMILES string of the molecule is Cc1nc(C(=O)NCC(c2ccc(F)cc2)N2CCOCC2)nn1-c1ccc(Cl)cc1. The van der Waals surface area contributed by atoms with Gasteiger partial charge in [0.25, 0.3) is 5.91 Å². The molecule has 4 rings (SSSR count). The van der Waals surface area contributed by atoms with Crippen LogP contribution in [0.1, 0.15) is 28.0 Å². The van der Waals surface area contributed by atoms with Crippen molar-refractivity contribution in [1.29, 1.82) is 0 Å². The van der Waals surface area contributed by atoms with Crippen molar-refractivity contribution in [3.8, 4) is 5.69 Å². The van der Waals surface area contributed by atoms with E-state index in [0.717, 1.165) is 24.3 Å². The average Bonchev–Trinajstić information content (AvgIpc) is 3.18. The first kappa shape index (κ1) is 21.4. The lowest BCUT2D eigenvalue weighted by molar-refractivity contribution is 0.0162. The van der Waals surface area contributed by atoms with Crippen molar-refractivity contribution < 1.29 is 13.9 Å². The molecule has 2 aromatic carbocycles. The van der Waals surface area contributed by atoms with E-state index in [2.05, 4.69) is 20.3 Å². The molecule has 1 aromatic heterocycles. The number of carbonyl (C=O) groups is 1. The first-order valence-electron chi connectivity index (χ1n) is 10.1. The molecule has 1 aliphatic rings. The Kier molecular flexibility index (Phi) is 6.60. The second-order valence-corrected chi connectivity index (χ2v) is 7.73. The summed E-state index contributed by atoms with van der Waals surface area (Å²) in [5.41, 5.74) is 1.70. The summed E-state index contributed by atoms with van der Waals surface area (Å²) in [4.78, 5) is 19.3. The van der Waals surface area contributed by atoms with Crippen molar-refractivity contribution in [2.45, 2.75) is 13.0 Å². The fourth-order valence-electron chi connectivity index (χ4n) is 3.61. The molecule has 1 N–H and O–H groups in total. The number of benzene rings is 2. The number of carbonyl (C=O) groups excluding carboxylic acids is 1. The Bertz CT molecular complexity index is 1030. The van der Waals surface area contributed by atoms with E-state index in [-0.39, 0.29) is 23.6 Å². The predicted molar refractivity (Wildman–Crippen MR) is 115 cm³/mol. The Morgan fingerprint density at radius 2 is 1.84 bits per heavy atom. The van der Waals surface area contributed by atoms with E-state index < -0.39 is 0 Å². The van der Waals surface area contributed by atoms with Crippen LogP contribution in [0.5, 0.6) is 0 Å². The van der Waals surface area contributed by atoms with E-state index in [1.54, 1.807) is 35.9 Å². The number of hydrogen-bond donors (Lipinski definition) is 1. The standard InChI is InChI=1S/C22H23ClFN5O2/c1-15-26-21(27-29(15)19-8-4-17(23)5-9-19)22(30)25-14-20(28-10-12-31-13-11-28)16-2-6-18(24)7-3-16/h2-9,20H,10-14H2,1H3,(H,25,30). The van der Waals surface area contributed by atoms with Gasteiger partial charge in [-0.25, -0.2) is 14.1 Å². The third kappa shape index (κ3) is 5.10. The lowest BCUT2D eigenvalue weighted by Crippen LogP contribution is -2.44. The minimum atomic E-state index is -0.365. The van der Waals surface area contributed by atoms with Crippen LogP contribution in [-0.4, -0.2) is 58.4 Å². The highest BCUT2D eigenvalue weighted by molar-refractivity contribution is 6.30. The molecule has 1 atom stereocenters. The molecule has 31 heavy (non-hydrogen) atoms. The number of aryl methyl sites for hydroxylation is 1. The Labute approximate surface area is 184 Å². The predicted octanol–water partition coefficient (Wildman–Crippen LogP) is 3.17. The average molecular weight is 444 g/mol. The number of nitrogens with one attached hydrogen (secondary N) is 1. The molecule has 0 aliphatic carbocycles. The molecule has 7 nitrogen and oxygen atoms in total. The van der Waals surface area contributed by atoms with Crippen LogP contribution >= 0.6 is 11.6 Å². The smallest absolute Gasteiger partial charge is 0.291 e. The molecule has 0 radical (unpaired) electrons. The fourth-order valence-corrected chi connectivity index (χ4v) is 3.74. The van der Waals surface area contributed by atoms with E-state index in [1.807, 2.05) is 12.1 Å². The summed E-state index contributed by atoms with van der Waals surface area (Å²) in [6.07, 6.45) is 0. The van der Waals surface area contributed by atoms with Crippen molar-refractivity contribution >= 4 is 17.5 Å². The van der Waals surface area contributed by atoms with Gasteiger partial charge < -0.3 is 10.1 Å². The van der Waals surface area contributed by atoms with Crippen LogP contribution in [-0.2, 0) is 4.74 Å². The first-order chi connectivity index (χ1) is 15.0. The number of rotatable bonds is 6. The van der Waals surface area contributed by atoms with Crippen LogP contribution in [0.15, 0.2) is 48.5 Å². The van der Waals surface area contributed by atoms with Crippen LogP contribution in [0.2, 0.25) is 5.02 Å². The highest BCUT2D eigenvalue weighted by atomic mass is 35.5. The lowest BCUT2D eigenvalue weighted by Gasteiger charge is -2.34. The highest BCUT2D eigenvalue weighted by Gasteiger charge is 2.24. The monoisotopic (exact) mass is 443 g/mol. The highest BCUT2D eigenvalue weighted by Crippen LogP contribution is 2.22. The van der Waals surface area contributed by atoms with E-state index >= 15 is 0 Å². The number of ether oxygens (including phenoxy) is 1. The molecular weight excluding hydrogens is 421 g/mol. The van der Waals surface area contributed by atoms with Gasteiger partial charge in [-0.1, -0.05) is 23.7 Å². The minimum Gasteiger partial charge on any atom is -0.379 e. The molecule has 162 valence electrons. The van der Waals surface area contributed by atoms with Gasteiger partial charge in [0, 0.05) is 24.7 Å². The zero-order chi connectivity index (χ0) is 21.8. The third-order valence-electron chi connectivity index (χ3n) is 5.24. The number of hydrogen-bond acceptors (Lipinski definition) is 5. The molecule has 1 amide bonds. The Morgan fingerprint density at radius 1 is 1.16 bits per heavy atom. The number of morpholine rings is 1. The van der Waals surface area contributed by atoms with Gasteiger partial charge >= 0.3 is 0 Å². The van der Waals surface area contributed by atoms with E-state index in [4.69, 9.17) is 16.3 Å². The summed E-state index contributed by atoms with van der Waals surface area (Å²) >= 11 is 5.95. The molecule has 0 saturated carbocycles. The molecule has 1 saturated heterocycles. The van der Waals surface area contributed by atoms with E-state index in [0.29, 0.717) is 30.6 Å². The maximum Gasteiger partial charge on any atom is 0.291 e. The minimum absolute atomic E-state index is 0.0901.